The summed E-state index contributed by atoms with van der Waals surface area (Å²) in [5.74, 6) is 0.524. The van der Waals surface area contributed by atoms with Gasteiger partial charge in [0.15, 0.2) is 5.13 Å². The predicted octanol–water partition coefficient (Wildman–Crippen LogP) is 4.87. The molecule has 6 nitrogen and oxygen atoms in total. The number of imidazole rings is 1. The molecule has 0 aliphatic carbocycles. The number of halogens is 1. The number of nitrogens with zero attached hydrogens (tertiary/aromatic N) is 4. The number of carbonyl (C=O) groups excluding carboxylic acids is 1. The molecule has 8 heteroatoms. The monoisotopic (exact) mass is 445 g/mol. The molecule has 0 unspecified atom stereocenters. The third kappa shape index (κ3) is 6.85. The van der Waals surface area contributed by atoms with Gasteiger partial charge in [0.1, 0.15) is 4.88 Å². The summed E-state index contributed by atoms with van der Waals surface area (Å²) in [5.41, 5.74) is 1.17. The summed E-state index contributed by atoms with van der Waals surface area (Å²) in [7, 11) is 0. The van der Waals surface area contributed by atoms with Crippen molar-refractivity contribution < 1.29 is 4.79 Å². The SMILES string of the molecule is CC(C)CCN(Cc1ccc(Cl)cc1)c1ncc(C(=O)NCCCn2ccnc2)s1. The van der Waals surface area contributed by atoms with Crippen LogP contribution in [0.4, 0.5) is 5.13 Å². The number of rotatable bonds is 11. The minimum atomic E-state index is -0.0697. The van der Waals surface area contributed by atoms with Crippen LogP contribution < -0.4 is 10.2 Å². The number of benzene rings is 1. The van der Waals surface area contributed by atoms with Gasteiger partial charge in [-0.25, -0.2) is 9.97 Å². The zero-order chi connectivity index (χ0) is 21.3. The lowest BCUT2D eigenvalue weighted by atomic mass is 10.1. The largest absolute Gasteiger partial charge is 0.351 e. The molecular weight excluding hydrogens is 418 g/mol. The van der Waals surface area contributed by atoms with E-state index in [1.54, 1.807) is 18.7 Å². The molecule has 0 atom stereocenters. The lowest BCUT2D eigenvalue weighted by Crippen LogP contribution is -2.25. The van der Waals surface area contributed by atoms with Crippen LogP contribution in [0.15, 0.2) is 49.2 Å². The van der Waals surface area contributed by atoms with Crippen molar-refractivity contribution in [2.75, 3.05) is 18.0 Å². The fourth-order valence-corrected chi connectivity index (χ4v) is 3.94. The highest BCUT2D eigenvalue weighted by Crippen LogP contribution is 2.25. The van der Waals surface area contributed by atoms with Gasteiger partial charge in [0.05, 0.1) is 12.5 Å². The highest BCUT2D eigenvalue weighted by molar-refractivity contribution is 7.17. The average Bonchev–Trinajstić information content (AvgIpc) is 3.42. The van der Waals surface area contributed by atoms with Crippen LogP contribution in [-0.2, 0) is 13.1 Å². The van der Waals surface area contributed by atoms with Crippen LogP contribution in [0, 0.1) is 5.92 Å². The van der Waals surface area contributed by atoms with E-state index < -0.39 is 0 Å². The predicted molar refractivity (Wildman–Crippen MR) is 123 cm³/mol. The Hall–Kier alpha value is -2.38. The Morgan fingerprint density at radius 2 is 2.10 bits per heavy atom. The summed E-state index contributed by atoms with van der Waals surface area (Å²) in [6.07, 6.45) is 9.04. The number of carbonyl (C=O) groups is 1. The molecule has 2 aromatic heterocycles. The van der Waals surface area contributed by atoms with Crippen molar-refractivity contribution in [3.05, 3.63) is 64.6 Å². The molecule has 0 aliphatic rings. The summed E-state index contributed by atoms with van der Waals surface area (Å²) in [5, 5.41) is 4.58. The van der Waals surface area contributed by atoms with E-state index >= 15 is 0 Å². The molecule has 0 aliphatic heterocycles. The first-order chi connectivity index (χ1) is 14.5. The van der Waals surface area contributed by atoms with E-state index in [2.05, 4.69) is 34.0 Å². The smallest absolute Gasteiger partial charge is 0.263 e. The van der Waals surface area contributed by atoms with Crippen molar-refractivity contribution in [1.29, 1.82) is 0 Å². The third-order valence-electron chi connectivity index (χ3n) is 4.69. The molecule has 1 amide bonds. The molecule has 1 N–H and O–H groups in total. The third-order valence-corrected chi connectivity index (χ3v) is 6.00. The number of amides is 1. The van der Waals surface area contributed by atoms with Crippen molar-refractivity contribution in [2.45, 2.75) is 39.8 Å². The Morgan fingerprint density at radius 3 is 2.80 bits per heavy atom. The lowest BCUT2D eigenvalue weighted by Gasteiger charge is -2.23. The van der Waals surface area contributed by atoms with Gasteiger partial charge < -0.3 is 14.8 Å². The summed E-state index contributed by atoms with van der Waals surface area (Å²) < 4.78 is 2.00. The summed E-state index contributed by atoms with van der Waals surface area (Å²) in [4.78, 5) is 24.0. The minimum Gasteiger partial charge on any atom is -0.351 e. The molecule has 0 radical (unpaired) electrons. The molecule has 30 heavy (non-hydrogen) atoms. The Kier molecular flexibility index (Phi) is 8.28. The van der Waals surface area contributed by atoms with Crippen molar-refractivity contribution in [3.8, 4) is 0 Å². The molecular formula is C22H28ClN5OS. The number of thiazole rings is 1. The zero-order valence-electron chi connectivity index (χ0n) is 17.4. The van der Waals surface area contributed by atoms with Crippen LogP contribution in [0.3, 0.4) is 0 Å². The quantitative estimate of drug-likeness (QED) is 0.428. The molecule has 0 bridgehead atoms. The van der Waals surface area contributed by atoms with Crippen LogP contribution in [-0.4, -0.2) is 33.5 Å². The van der Waals surface area contributed by atoms with Gasteiger partial charge in [0, 0.05) is 43.6 Å². The number of anilines is 1. The van der Waals surface area contributed by atoms with E-state index in [1.807, 2.05) is 35.0 Å². The van der Waals surface area contributed by atoms with Gasteiger partial charge in [-0.2, -0.15) is 0 Å². The van der Waals surface area contributed by atoms with Crippen LogP contribution >= 0.6 is 22.9 Å². The van der Waals surface area contributed by atoms with Crippen molar-refractivity contribution in [3.63, 3.8) is 0 Å². The van der Waals surface area contributed by atoms with Gasteiger partial charge in [-0.15, -0.1) is 0 Å². The second-order valence-corrected chi connectivity index (χ2v) is 9.09. The maximum absolute atomic E-state index is 12.5. The van der Waals surface area contributed by atoms with Gasteiger partial charge >= 0.3 is 0 Å². The first kappa shape index (κ1) is 22.3. The molecule has 1 aromatic carbocycles. The van der Waals surface area contributed by atoms with Gasteiger partial charge in [0.25, 0.3) is 5.91 Å². The van der Waals surface area contributed by atoms with Gasteiger partial charge in [-0.1, -0.05) is 48.9 Å². The Morgan fingerprint density at radius 1 is 1.30 bits per heavy atom. The average molecular weight is 446 g/mol. The zero-order valence-corrected chi connectivity index (χ0v) is 19.0. The van der Waals surface area contributed by atoms with Crippen molar-refractivity contribution in [1.82, 2.24) is 19.9 Å². The fourth-order valence-electron chi connectivity index (χ4n) is 2.95. The standard InChI is InChI=1S/C22H28ClN5OS/c1-17(2)8-12-28(15-18-4-6-19(23)7-5-18)22-26-14-20(30-22)21(29)25-9-3-11-27-13-10-24-16-27/h4-7,10,13-14,16-17H,3,8-9,11-12,15H2,1-2H3,(H,25,29). The maximum Gasteiger partial charge on any atom is 0.263 e. The van der Waals surface area contributed by atoms with Crippen LogP contribution in [0.5, 0.6) is 0 Å². The molecule has 0 saturated heterocycles. The number of aryl methyl sites for hydroxylation is 1. The van der Waals surface area contributed by atoms with E-state index in [9.17, 15) is 4.79 Å². The normalized spacial score (nSPS) is 11.1. The van der Waals surface area contributed by atoms with Gasteiger partial charge in [0.2, 0.25) is 0 Å². The molecule has 0 saturated carbocycles. The molecule has 0 fully saturated rings. The number of hydrogen-bond donors (Lipinski definition) is 1. The van der Waals surface area contributed by atoms with Crippen LogP contribution in [0.1, 0.15) is 41.9 Å². The van der Waals surface area contributed by atoms with E-state index in [1.165, 1.54) is 16.9 Å². The summed E-state index contributed by atoms with van der Waals surface area (Å²) in [6.45, 7) is 7.50. The van der Waals surface area contributed by atoms with Gasteiger partial charge in [-0.05, 0) is 36.5 Å². The van der Waals surface area contributed by atoms with Crippen LogP contribution in [0.25, 0.3) is 0 Å². The Balaban J connectivity index is 1.58. The second-order valence-electron chi connectivity index (χ2n) is 7.65. The van der Waals surface area contributed by atoms with E-state index in [4.69, 9.17) is 11.6 Å². The topological polar surface area (TPSA) is 63.1 Å². The van der Waals surface area contributed by atoms with Crippen molar-refractivity contribution >= 4 is 34.0 Å². The summed E-state index contributed by atoms with van der Waals surface area (Å²) >= 11 is 7.45. The number of aromatic nitrogens is 3. The number of nitrogens with one attached hydrogen (secondary N) is 1. The molecule has 2 heterocycles. The van der Waals surface area contributed by atoms with Crippen molar-refractivity contribution in [2.24, 2.45) is 5.92 Å². The second kappa shape index (κ2) is 11.1. The molecule has 3 rings (SSSR count). The fraction of sp³-hybridized carbons (Fsp3) is 0.409. The number of hydrogen-bond acceptors (Lipinski definition) is 5. The van der Waals surface area contributed by atoms with E-state index in [0.717, 1.165) is 42.6 Å². The van der Waals surface area contributed by atoms with Crippen LogP contribution in [0.2, 0.25) is 5.02 Å². The molecule has 160 valence electrons. The molecule has 3 aromatic rings. The first-order valence-corrected chi connectivity index (χ1v) is 11.4. The minimum absolute atomic E-state index is 0.0697. The van der Waals surface area contributed by atoms with E-state index in [0.29, 0.717) is 17.3 Å². The summed E-state index contributed by atoms with van der Waals surface area (Å²) in [6, 6.07) is 7.88. The first-order valence-electron chi connectivity index (χ1n) is 10.2. The maximum atomic E-state index is 12.5. The highest BCUT2D eigenvalue weighted by Gasteiger charge is 2.16. The van der Waals surface area contributed by atoms with Gasteiger partial charge in [-0.3, -0.25) is 4.79 Å². The molecule has 0 spiro atoms. The highest BCUT2D eigenvalue weighted by atomic mass is 35.5. The Labute approximate surface area is 186 Å². The Bertz CT molecular complexity index is 908. The van der Waals surface area contributed by atoms with E-state index in [-0.39, 0.29) is 5.91 Å². The lowest BCUT2D eigenvalue weighted by molar-refractivity contribution is 0.0956.